The van der Waals surface area contributed by atoms with Gasteiger partial charge in [-0.15, -0.1) is 0 Å². The fourth-order valence-electron chi connectivity index (χ4n) is 8.44. The third kappa shape index (κ3) is 2.67. The predicted molar refractivity (Wildman–Crippen MR) is 111 cm³/mol. The maximum atomic E-state index is 12.2. The van der Waals surface area contributed by atoms with E-state index in [2.05, 4.69) is 0 Å². The lowest BCUT2D eigenvalue weighted by atomic mass is 9.42. The Morgan fingerprint density at radius 1 is 0.968 bits per heavy atom. The molecule has 7 heteroatoms. The molecule has 4 aliphatic rings. The summed E-state index contributed by atoms with van der Waals surface area (Å²) in [6, 6.07) is 3.12. The smallest absolute Gasteiger partial charge is 0.335 e. The molecule has 11 atom stereocenters. The summed E-state index contributed by atoms with van der Waals surface area (Å²) in [5.41, 5.74) is -1.97. The van der Waals surface area contributed by atoms with Gasteiger partial charge in [-0.2, -0.15) is 0 Å². The van der Waals surface area contributed by atoms with Crippen LogP contribution >= 0.6 is 0 Å². The first-order valence-corrected chi connectivity index (χ1v) is 11.6. The van der Waals surface area contributed by atoms with Crippen molar-refractivity contribution in [2.75, 3.05) is 0 Å². The van der Waals surface area contributed by atoms with E-state index in [4.69, 9.17) is 4.42 Å². The van der Waals surface area contributed by atoms with Gasteiger partial charge in [0.1, 0.15) is 6.10 Å². The Morgan fingerprint density at radius 3 is 2.35 bits per heavy atom. The highest BCUT2D eigenvalue weighted by Gasteiger charge is 2.71. The van der Waals surface area contributed by atoms with Crippen molar-refractivity contribution in [3.05, 3.63) is 34.4 Å². The molecule has 0 spiro atoms. The summed E-state index contributed by atoms with van der Waals surface area (Å²) in [5, 5.41) is 55.1. The Labute approximate surface area is 181 Å². The Bertz CT molecular complexity index is 895. The standard InChI is InChI=1S/C24H34O7/c1-22-10-17(25)21(29)20(28)15(22)5-4-14-16(22)9-18(26)23(2)13(7-8-24(14,23)30)12-3-6-19(27)31-11-12/h3,6,11,13-18,20-21,25-26,28-30H,4-5,7-10H2,1-2H3. The summed E-state index contributed by atoms with van der Waals surface area (Å²) in [7, 11) is 0. The highest BCUT2D eigenvalue weighted by molar-refractivity contribution is 5.29. The van der Waals surface area contributed by atoms with E-state index < -0.39 is 46.5 Å². The maximum absolute atomic E-state index is 12.2. The lowest BCUT2D eigenvalue weighted by Gasteiger charge is -2.65. The van der Waals surface area contributed by atoms with Crippen LogP contribution in [-0.2, 0) is 0 Å². The quantitative estimate of drug-likeness (QED) is 0.448. The molecule has 172 valence electrons. The van der Waals surface area contributed by atoms with Crippen LogP contribution in [-0.4, -0.2) is 55.5 Å². The van der Waals surface area contributed by atoms with Crippen molar-refractivity contribution in [3.63, 3.8) is 0 Å². The number of rotatable bonds is 1. The number of hydrogen-bond donors (Lipinski definition) is 5. The SMILES string of the molecule is CC12CC(O)C(O)C(O)C1CCC1C2CC(O)C2(C)C(c3ccc(=O)oc3)CCC12O. The molecule has 5 rings (SSSR count). The number of fused-ring (bicyclic) bond motifs is 5. The number of hydrogen-bond acceptors (Lipinski definition) is 7. The van der Waals surface area contributed by atoms with Crippen LogP contribution in [0.2, 0.25) is 0 Å². The molecule has 1 heterocycles. The Hall–Kier alpha value is -1.25. The third-order valence-electron chi connectivity index (χ3n) is 10.2. The van der Waals surface area contributed by atoms with Gasteiger partial charge in [0.05, 0.1) is 30.2 Å². The van der Waals surface area contributed by atoms with Crippen LogP contribution in [0.5, 0.6) is 0 Å². The average molecular weight is 435 g/mol. The Balaban J connectivity index is 1.54. The molecule has 0 bridgehead atoms. The molecule has 1 aromatic rings. The first-order chi connectivity index (χ1) is 14.5. The van der Waals surface area contributed by atoms with Crippen LogP contribution in [0.15, 0.2) is 27.6 Å². The van der Waals surface area contributed by atoms with Crippen molar-refractivity contribution in [2.45, 2.75) is 88.3 Å². The minimum atomic E-state index is -1.15. The van der Waals surface area contributed by atoms with E-state index >= 15 is 0 Å². The molecule has 0 radical (unpaired) electrons. The second-order valence-corrected chi connectivity index (χ2v) is 11.1. The van der Waals surface area contributed by atoms with Crippen molar-refractivity contribution in [3.8, 4) is 0 Å². The summed E-state index contributed by atoms with van der Waals surface area (Å²) in [6.45, 7) is 4.00. The van der Waals surface area contributed by atoms with E-state index in [0.717, 1.165) is 5.56 Å². The molecule has 4 aliphatic carbocycles. The Morgan fingerprint density at radius 2 is 1.68 bits per heavy atom. The first kappa shape index (κ1) is 21.6. The van der Waals surface area contributed by atoms with Crippen molar-refractivity contribution in [1.29, 1.82) is 0 Å². The van der Waals surface area contributed by atoms with Crippen LogP contribution < -0.4 is 5.63 Å². The second-order valence-electron chi connectivity index (χ2n) is 11.1. The van der Waals surface area contributed by atoms with E-state index in [1.807, 2.05) is 13.8 Å². The van der Waals surface area contributed by atoms with Crippen molar-refractivity contribution < 1.29 is 29.9 Å². The molecule has 4 saturated carbocycles. The molecular formula is C24H34O7. The molecule has 5 N–H and O–H groups in total. The largest absolute Gasteiger partial charge is 0.431 e. The van der Waals surface area contributed by atoms with E-state index in [9.17, 15) is 30.3 Å². The molecular weight excluding hydrogens is 400 g/mol. The fourth-order valence-corrected chi connectivity index (χ4v) is 8.44. The number of aliphatic hydroxyl groups excluding tert-OH is 4. The molecule has 1 aromatic heterocycles. The second kappa shape index (κ2) is 6.87. The van der Waals surface area contributed by atoms with Crippen LogP contribution in [0.1, 0.15) is 63.9 Å². The van der Waals surface area contributed by atoms with E-state index in [1.165, 1.54) is 12.3 Å². The molecule has 0 aliphatic heterocycles. The lowest BCUT2D eigenvalue weighted by Crippen LogP contribution is -2.69. The zero-order chi connectivity index (χ0) is 22.3. The van der Waals surface area contributed by atoms with Crippen LogP contribution in [0.3, 0.4) is 0 Å². The Kier molecular flexibility index (Phi) is 4.79. The summed E-state index contributed by atoms with van der Waals surface area (Å²) >= 11 is 0. The highest BCUT2D eigenvalue weighted by atomic mass is 16.4. The van der Waals surface area contributed by atoms with Gasteiger partial charge < -0.3 is 29.9 Å². The molecule has 4 fully saturated rings. The van der Waals surface area contributed by atoms with Gasteiger partial charge in [-0.3, -0.25) is 0 Å². The summed E-state index contributed by atoms with van der Waals surface area (Å²) < 4.78 is 5.09. The zero-order valence-electron chi connectivity index (χ0n) is 18.1. The van der Waals surface area contributed by atoms with Gasteiger partial charge in [-0.1, -0.05) is 13.8 Å². The topological polar surface area (TPSA) is 131 Å². The lowest BCUT2D eigenvalue weighted by molar-refractivity contribution is -0.262. The zero-order valence-corrected chi connectivity index (χ0v) is 18.1. The molecule has 31 heavy (non-hydrogen) atoms. The van der Waals surface area contributed by atoms with Gasteiger partial charge in [0.25, 0.3) is 0 Å². The van der Waals surface area contributed by atoms with Crippen LogP contribution in [0.25, 0.3) is 0 Å². The summed E-state index contributed by atoms with van der Waals surface area (Å²) in [6.07, 6.45) is 0.930. The van der Waals surface area contributed by atoms with Gasteiger partial charge >= 0.3 is 5.63 Å². The van der Waals surface area contributed by atoms with Gasteiger partial charge in [-0.25, -0.2) is 4.79 Å². The molecule has 0 saturated heterocycles. The third-order valence-corrected chi connectivity index (χ3v) is 10.2. The maximum Gasteiger partial charge on any atom is 0.335 e. The number of aliphatic hydroxyl groups is 5. The van der Waals surface area contributed by atoms with Gasteiger partial charge in [-0.05, 0) is 79.2 Å². The molecule has 0 aromatic carbocycles. The van der Waals surface area contributed by atoms with Crippen LogP contribution in [0.4, 0.5) is 0 Å². The molecule has 0 amide bonds. The van der Waals surface area contributed by atoms with Gasteiger partial charge in [0.15, 0.2) is 0 Å². The van der Waals surface area contributed by atoms with Gasteiger partial charge in [0, 0.05) is 11.5 Å². The van der Waals surface area contributed by atoms with Crippen molar-refractivity contribution in [2.24, 2.45) is 28.6 Å². The average Bonchev–Trinajstić information content (AvgIpc) is 3.01. The van der Waals surface area contributed by atoms with Crippen molar-refractivity contribution in [1.82, 2.24) is 0 Å². The van der Waals surface area contributed by atoms with Crippen molar-refractivity contribution >= 4 is 0 Å². The normalized spacial score (nSPS) is 54.0. The minimum Gasteiger partial charge on any atom is -0.431 e. The molecule has 7 nitrogen and oxygen atoms in total. The van der Waals surface area contributed by atoms with E-state index in [0.29, 0.717) is 38.5 Å². The summed E-state index contributed by atoms with van der Waals surface area (Å²) in [5.74, 6) is -0.443. The monoisotopic (exact) mass is 434 g/mol. The first-order valence-electron chi connectivity index (χ1n) is 11.6. The van der Waals surface area contributed by atoms with Gasteiger partial charge in [0.2, 0.25) is 0 Å². The van der Waals surface area contributed by atoms with Crippen LogP contribution in [0, 0.1) is 28.6 Å². The van der Waals surface area contributed by atoms with E-state index in [-0.39, 0.29) is 23.7 Å². The van der Waals surface area contributed by atoms with E-state index in [1.54, 1.807) is 6.07 Å². The molecule has 11 unspecified atom stereocenters. The minimum absolute atomic E-state index is 0.0661. The fraction of sp³-hybridized carbons (Fsp3) is 0.792. The predicted octanol–water partition coefficient (Wildman–Crippen LogP) is 1.15. The summed E-state index contributed by atoms with van der Waals surface area (Å²) in [4.78, 5) is 11.4. The highest BCUT2D eigenvalue weighted by Crippen LogP contribution is 2.70.